The fourth-order valence-electron chi connectivity index (χ4n) is 10.6. The van der Waals surface area contributed by atoms with Crippen LogP contribution in [0.4, 0.5) is 0 Å². The van der Waals surface area contributed by atoms with E-state index in [1.165, 1.54) is 109 Å². The first-order chi connectivity index (χ1) is 28.8. The van der Waals surface area contributed by atoms with E-state index in [4.69, 9.17) is 19.9 Å². The number of aromatic nitrogens is 4. The zero-order valence-corrected chi connectivity index (χ0v) is 31.0. The molecule has 0 unspecified atom stereocenters. The molecular weight excluding hydrogens is 705 g/mol. The number of nitrogens with zero attached hydrogens (tertiary/aromatic N) is 4. The maximum atomic E-state index is 4.71. The van der Waals surface area contributed by atoms with Gasteiger partial charge in [0.2, 0.25) is 0 Å². The Labute approximate surface area is 331 Å². The molecule has 0 N–H and O–H groups in total. The second kappa shape index (κ2) is 10.9. The lowest BCUT2D eigenvalue weighted by molar-refractivity contribution is 1.29. The van der Waals surface area contributed by atoms with Gasteiger partial charge in [0.1, 0.15) is 0 Å². The minimum absolute atomic E-state index is 0.744. The zero-order valence-electron chi connectivity index (χ0n) is 31.0. The van der Waals surface area contributed by atoms with Crippen molar-refractivity contribution in [1.29, 1.82) is 0 Å². The third kappa shape index (κ3) is 3.84. The van der Waals surface area contributed by atoms with Gasteiger partial charge in [-0.05, 0) is 181 Å². The van der Waals surface area contributed by atoms with Crippen molar-refractivity contribution in [1.82, 2.24) is 19.9 Å². The van der Waals surface area contributed by atoms with Gasteiger partial charge < -0.3 is 0 Å². The van der Waals surface area contributed by atoms with Crippen LogP contribution in [0.5, 0.6) is 0 Å². The van der Waals surface area contributed by atoms with Gasteiger partial charge in [0.15, 0.2) is 11.3 Å². The number of benzene rings is 8. The molecule has 0 bridgehead atoms. The topological polar surface area (TPSA) is 51.6 Å². The molecule has 0 amide bonds. The summed E-state index contributed by atoms with van der Waals surface area (Å²) in [5.41, 5.74) is 16.4. The van der Waals surface area contributed by atoms with Gasteiger partial charge >= 0.3 is 0 Å². The molecule has 0 spiro atoms. The molecule has 0 saturated heterocycles. The zero-order chi connectivity index (χ0) is 37.6. The van der Waals surface area contributed by atoms with E-state index in [0.717, 1.165) is 33.2 Å². The van der Waals surface area contributed by atoms with Crippen molar-refractivity contribution in [3.8, 4) is 66.8 Å². The highest BCUT2D eigenvalue weighted by atomic mass is 14.8. The second-order valence-electron chi connectivity index (χ2n) is 15.7. The maximum Gasteiger partial charge on any atom is 0.159 e. The van der Waals surface area contributed by atoms with Gasteiger partial charge in [-0.2, -0.15) is 0 Å². The summed E-state index contributed by atoms with van der Waals surface area (Å²) < 4.78 is 0. The number of hydrogen-bond donors (Lipinski definition) is 0. The molecular formula is C54H28N4. The fourth-order valence-corrected chi connectivity index (χ4v) is 10.6. The van der Waals surface area contributed by atoms with Gasteiger partial charge in [-0.3, -0.25) is 0 Å². The van der Waals surface area contributed by atoms with Crippen LogP contribution in [-0.2, 0) is 0 Å². The molecule has 2 aliphatic rings. The van der Waals surface area contributed by atoms with Crippen LogP contribution >= 0.6 is 0 Å². The smallest absolute Gasteiger partial charge is 0.159 e. The molecule has 4 heterocycles. The molecule has 4 nitrogen and oxygen atoms in total. The first kappa shape index (κ1) is 30.4. The number of fused-ring (bicyclic) bond motifs is 13. The van der Waals surface area contributed by atoms with Gasteiger partial charge in [0.25, 0.3) is 0 Å². The molecule has 2 aliphatic carbocycles. The largest absolute Gasteiger partial charge is 0.237 e. The van der Waals surface area contributed by atoms with Crippen molar-refractivity contribution in [2.24, 2.45) is 0 Å². The van der Waals surface area contributed by atoms with Gasteiger partial charge in [-0.15, -0.1) is 0 Å². The molecule has 14 rings (SSSR count). The molecule has 12 aromatic rings. The van der Waals surface area contributed by atoms with Crippen LogP contribution in [0.3, 0.4) is 0 Å². The van der Waals surface area contributed by atoms with Crippen molar-refractivity contribution in [2.45, 2.75) is 0 Å². The van der Waals surface area contributed by atoms with Crippen LogP contribution in [0.15, 0.2) is 170 Å². The van der Waals surface area contributed by atoms with Gasteiger partial charge in [-0.25, -0.2) is 19.9 Å². The monoisotopic (exact) mass is 732 g/mol. The Morgan fingerprint density at radius 2 is 0.724 bits per heavy atom. The Morgan fingerprint density at radius 3 is 1.41 bits per heavy atom. The molecule has 8 aromatic carbocycles. The molecule has 0 fully saturated rings. The van der Waals surface area contributed by atoms with Crippen LogP contribution in [0.1, 0.15) is 0 Å². The standard InChI is InChI=1S/C54H28N4/c1-7-29-8-2-12-34-45-27-47-42(26-44(45)33(11-1)49(29)34)31-17-18-36-46(41(31)25-43(47)32-19-23-57-53-38(32)15-5-21-55-53)28-48-35-13-3-9-30-10-4-14-40(50(30)35)52(48)51(36)37-20-24-58-54-39(37)16-6-22-56-54/h1-28H. The molecule has 0 radical (unpaired) electrons. The summed E-state index contributed by atoms with van der Waals surface area (Å²) >= 11 is 0. The molecule has 4 aromatic heterocycles. The predicted molar refractivity (Wildman–Crippen MR) is 240 cm³/mol. The van der Waals surface area contributed by atoms with E-state index >= 15 is 0 Å². The Bertz CT molecular complexity index is 3840. The van der Waals surface area contributed by atoms with Crippen molar-refractivity contribution in [3.63, 3.8) is 0 Å². The lowest BCUT2D eigenvalue weighted by Crippen LogP contribution is -1.94. The normalized spacial score (nSPS) is 12.5. The summed E-state index contributed by atoms with van der Waals surface area (Å²) in [6.45, 7) is 0. The number of rotatable bonds is 2. The highest BCUT2D eigenvalue weighted by Gasteiger charge is 2.29. The quantitative estimate of drug-likeness (QED) is 0.166. The summed E-state index contributed by atoms with van der Waals surface area (Å²) in [6.07, 6.45) is 7.47. The van der Waals surface area contributed by atoms with E-state index in [9.17, 15) is 0 Å². The van der Waals surface area contributed by atoms with E-state index in [1.54, 1.807) is 0 Å². The maximum absolute atomic E-state index is 4.71. The van der Waals surface area contributed by atoms with Crippen molar-refractivity contribution < 1.29 is 0 Å². The number of hydrogen-bond acceptors (Lipinski definition) is 4. The Balaban J connectivity index is 1.19. The van der Waals surface area contributed by atoms with Crippen LogP contribution < -0.4 is 0 Å². The van der Waals surface area contributed by atoms with E-state index < -0.39 is 0 Å². The summed E-state index contributed by atoms with van der Waals surface area (Å²) in [5.74, 6) is 0. The Morgan fingerprint density at radius 1 is 0.241 bits per heavy atom. The van der Waals surface area contributed by atoms with Crippen LogP contribution in [0, 0.1) is 0 Å². The van der Waals surface area contributed by atoms with Crippen LogP contribution in [0.2, 0.25) is 0 Å². The summed E-state index contributed by atoms with van der Waals surface area (Å²) in [7, 11) is 0. The second-order valence-corrected chi connectivity index (χ2v) is 15.7. The summed E-state index contributed by atoms with van der Waals surface area (Å²) in [6, 6.07) is 54.1. The van der Waals surface area contributed by atoms with Crippen molar-refractivity contribution >= 4 is 75.9 Å². The molecule has 0 atom stereocenters. The highest BCUT2D eigenvalue weighted by molar-refractivity contribution is 6.30. The summed E-state index contributed by atoms with van der Waals surface area (Å²) in [4.78, 5) is 18.8. The SMILES string of the molecule is c1cc2c3c(cccc3c1)-c1cc3c(cc1-2)c(-c1ccnc2ncccc12)cc1c2cc4c(c(-c5ccnc6ncccc56)c2ccc31)-c1cccc2cccc-4c12. The van der Waals surface area contributed by atoms with Crippen LogP contribution in [-0.4, -0.2) is 19.9 Å². The number of pyridine rings is 4. The lowest BCUT2D eigenvalue weighted by Gasteiger charge is -2.20. The molecule has 0 aliphatic heterocycles. The molecule has 58 heavy (non-hydrogen) atoms. The first-order valence-corrected chi connectivity index (χ1v) is 19.8. The third-order valence-corrected chi connectivity index (χ3v) is 12.9. The van der Waals surface area contributed by atoms with Gasteiger partial charge in [0.05, 0.1) is 0 Å². The lowest BCUT2D eigenvalue weighted by atomic mass is 9.83. The van der Waals surface area contributed by atoms with E-state index in [-0.39, 0.29) is 0 Å². The summed E-state index contributed by atoms with van der Waals surface area (Å²) in [5, 5.41) is 14.6. The average molecular weight is 733 g/mol. The highest BCUT2D eigenvalue weighted by Crippen LogP contribution is 2.56. The fraction of sp³-hybridized carbons (Fsp3) is 0. The molecule has 4 heteroatoms. The Kier molecular flexibility index (Phi) is 5.73. The molecule has 0 saturated carbocycles. The third-order valence-electron chi connectivity index (χ3n) is 12.9. The molecule has 264 valence electrons. The van der Waals surface area contributed by atoms with Gasteiger partial charge in [0, 0.05) is 35.6 Å². The predicted octanol–water partition coefficient (Wildman–Crippen LogP) is 14.0. The van der Waals surface area contributed by atoms with Crippen LogP contribution in [0.25, 0.3) is 143 Å². The van der Waals surface area contributed by atoms with E-state index in [0.29, 0.717) is 0 Å². The van der Waals surface area contributed by atoms with Crippen molar-refractivity contribution in [2.75, 3.05) is 0 Å². The first-order valence-electron chi connectivity index (χ1n) is 19.8. The average Bonchev–Trinajstić information content (AvgIpc) is 3.78. The Hall–Kier alpha value is -7.82. The van der Waals surface area contributed by atoms with E-state index in [1.807, 2.05) is 36.9 Å². The van der Waals surface area contributed by atoms with E-state index in [2.05, 4.69) is 133 Å². The minimum Gasteiger partial charge on any atom is -0.237 e. The minimum atomic E-state index is 0.744. The van der Waals surface area contributed by atoms with Crippen molar-refractivity contribution in [3.05, 3.63) is 170 Å². The van der Waals surface area contributed by atoms with Gasteiger partial charge in [-0.1, -0.05) is 84.9 Å².